The average molecular weight is 182 g/mol. The van der Waals surface area contributed by atoms with Crippen molar-refractivity contribution in [2.45, 2.75) is 13.0 Å². The number of hydrogen-bond donors (Lipinski definition) is 4. The second kappa shape index (κ2) is 4.64. The molecule has 1 aromatic heterocycles. The Morgan fingerprint density at radius 3 is 3.08 bits per heavy atom. The lowest BCUT2D eigenvalue weighted by Gasteiger charge is -2.12. The summed E-state index contributed by atoms with van der Waals surface area (Å²) in [5.41, 5.74) is 3.32. The van der Waals surface area contributed by atoms with E-state index in [1.807, 2.05) is 13.0 Å². The molecule has 1 unspecified atom stereocenters. The Balaban J connectivity index is 2.66. The van der Waals surface area contributed by atoms with Crippen molar-refractivity contribution in [1.82, 2.24) is 4.98 Å². The van der Waals surface area contributed by atoms with Gasteiger partial charge in [-0.25, -0.2) is 10.8 Å². The number of hydrazine groups is 1. The minimum Gasteiger partial charge on any atom is -0.394 e. The first kappa shape index (κ1) is 9.76. The fraction of sp³-hybridized carbons (Fsp3) is 0.375. The van der Waals surface area contributed by atoms with E-state index in [1.165, 1.54) is 0 Å². The fourth-order valence-corrected chi connectivity index (χ4v) is 0.929. The molecule has 1 rings (SSSR count). The molecule has 0 radical (unpaired) electrons. The molecule has 5 heteroatoms. The number of nitrogens with one attached hydrogen (secondary N) is 2. The molecular weight excluding hydrogens is 168 g/mol. The summed E-state index contributed by atoms with van der Waals surface area (Å²) < 4.78 is 0. The van der Waals surface area contributed by atoms with E-state index in [0.29, 0.717) is 5.82 Å². The first-order valence-corrected chi connectivity index (χ1v) is 4.06. The van der Waals surface area contributed by atoms with Crippen molar-refractivity contribution in [2.75, 3.05) is 17.3 Å². The molecule has 5 N–H and O–H groups in total. The highest BCUT2D eigenvalue weighted by Crippen LogP contribution is 2.11. The van der Waals surface area contributed by atoms with Gasteiger partial charge in [-0.15, -0.1) is 0 Å². The van der Waals surface area contributed by atoms with E-state index in [1.54, 1.807) is 12.3 Å². The molecule has 72 valence electrons. The van der Waals surface area contributed by atoms with Crippen molar-refractivity contribution >= 4 is 11.5 Å². The molecule has 0 fully saturated rings. The first-order chi connectivity index (χ1) is 6.26. The number of aliphatic hydroxyl groups excluding tert-OH is 1. The summed E-state index contributed by atoms with van der Waals surface area (Å²) in [6.45, 7) is 1.98. The number of nitrogens with two attached hydrogens (primary N) is 1. The molecular formula is C8H14N4O. The number of nitrogens with zero attached hydrogens (tertiary/aromatic N) is 1. The lowest BCUT2D eigenvalue weighted by Crippen LogP contribution is -2.19. The number of aliphatic hydroxyl groups is 1. The molecule has 1 heterocycles. The molecule has 0 aliphatic rings. The van der Waals surface area contributed by atoms with Gasteiger partial charge in [-0.05, 0) is 13.0 Å². The van der Waals surface area contributed by atoms with Crippen LogP contribution in [0.15, 0.2) is 18.3 Å². The number of aromatic nitrogens is 1. The topological polar surface area (TPSA) is 83.2 Å². The molecule has 0 aromatic carbocycles. The van der Waals surface area contributed by atoms with Crippen molar-refractivity contribution in [2.24, 2.45) is 5.84 Å². The summed E-state index contributed by atoms with van der Waals surface area (Å²) in [5, 5.41) is 11.9. The zero-order valence-corrected chi connectivity index (χ0v) is 7.49. The van der Waals surface area contributed by atoms with Gasteiger partial charge < -0.3 is 15.8 Å². The second-order valence-electron chi connectivity index (χ2n) is 2.80. The molecule has 0 amide bonds. The minimum absolute atomic E-state index is 0.0213. The van der Waals surface area contributed by atoms with Crippen LogP contribution in [0.5, 0.6) is 0 Å². The number of pyridine rings is 1. The van der Waals surface area contributed by atoms with Gasteiger partial charge in [0.05, 0.1) is 6.61 Å². The quantitative estimate of drug-likeness (QED) is 0.394. The van der Waals surface area contributed by atoms with Crippen LogP contribution in [0.4, 0.5) is 11.5 Å². The van der Waals surface area contributed by atoms with E-state index < -0.39 is 0 Å². The standard InChI is InChI=1S/C8H14N4O/c1-6(5-13)11-7-2-3-10-8(4-7)12-9/h2-4,6,13H,5,9H2,1H3,(H2,10,11,12). The zero-order valence-electron chi connectivity index (χ0n) is 7.49. The summed E-state index contributed by atoms with van der Waals surface area (Å²) in [6.07, 6.45) is 1.64. The van der Waals surface area contributed by atoms with Crippen molar-refractivity contribution in [1.29, 1.82) is 0 Å². The molecule has 1 atom stereocenters. The van der Waals surface area contributed by atoms with E-state index in [2.05, 4.69) is 15.7 Å². The lowest BCUT2D eigenvalue weighted by molar-refractivity contribution is 0.281. The highest BCUT2D eigenvalue weighted by atomic mass is 16.3. The van der Waals surface area contributed by atoms with E-state index in [0.717, 1.165) is 5.69 Å². The summed E-state index contributed by atoms with van der Waals surface area (Å²) in [4.78, 5) is 3.95. The lowest BCUT2D eigenvalue weighted by atomic mass is 10.3. The number of rotatable bonds is 4. The van der Waals surface area contributed by atoms with Crippen LogP contribution in [-0.4, -0.2) is 22.7 Å². The molecule has 0 saturated carbocycles. The van der Waals surface area contributed by atoms with Crippen molar-refractivity contribution in [3.8, 4) is 0 Å². The van der Waals surface area contributed by atoms with Gasteiger partial charge in [0.1, 0.15) is 5.82 Å². The fourth-order valence-electron chi connectivity index (χ4n) is 0.929. The highest BCUT2D eigenvalue weighted by molar-refractivity contribution is 5.51. The number of hydrogen-bond acceptors (Lipinski definition) is 5. The number of nitrogen functional groups attached to an aromatic ring is 1. The van der Waals surface area contributed by atoms with Gasteiger partial charge in [-0.3, -0.25) is 0 Å². The molecule has 0 aliphatic heterocycles. The van der Waals surface area contributed by atoms with Crippen molar-refractivity contribution in [3.05, 3.63) is 18.3 Å². The Bertz CT molecular complexity index is 266. The second-order valence-corrected chi connectivity index (χ2v) is 2.80. The van der Waals surface area contributed by atoms with Crippen molar-refractivity contribution in [3.63, 3.8) is 0 Å². The van der Waals surface area contributed by atoms with Gasteiger partial charge >= 0.3 is 0 Å². The van der Waals surface area contributed by atoms with Crippen LogP contribution in [0.2, 0.25) is 0 Å². The molecule has 0 bridgehead atoms. The maximum atomic E-state index is 8.80. The Morgan fingerprint density at radius 1 is 1.69 bits per heavy atom. The minimum atomic E-state index is 0.0213. The predicted molar refractivity (Wildman–Crippen MR) is 52.2 cm³/mol. The summed E-state index contributed by atoms with van der Waals surface area (Å²) in [7, 11) is 0. The third kappa shape index (κ3) is 2.89. The van der Waals surface area contributed by atoms with Crippen LogP contribution >= 0.6 is 0 Å². The van der Waals surface area contributed by atoms with E-state index in [9.17, 15) is 0 Å². The van der Waals surface area contributed by atoms with E-state index >= 15 is 0 Å². The smallest absolute Gasteiger partial charge is 0.141 e. The molecule has 1 aromatic rings. The van der Waals surface area contributed by atoms with Gasteiger partial charge in [-0.1, -0.05) is 0 Å². The van der Waals surface area contributed by atoms with Crippen LogP contribution in [0.3, 0.4) is 0 Å². The molecule has 0 saturated heterocycles. The Kier molecular flexibility index (Phi) is 3.48. The zero-order chi connectivity index (χ0) is 9.68. The van der Waals surface area contributed by atoms with Crippen molar-refractivity contribution < 1.29 is 5.11 Å². The third-order valence-electron chi connectivity index (χ3n) is 1.59. The monoisotopic (exact) mass is 182 g/mol. The van der Waals surface area contributed by atoms with Crippen LogP contribution in [0.1, 0.15) is 6.92 Å². The Labute approximate surface area is 76.9 Å². The van der Waals surface area contributed by atoms with Crippen LogP contribution < -0.4 is 16.6 Å². The van der Waals surface area contributed by atoms with Gasteiger partial charge in [0, 0.05) is 24.0 Å². The maximum absolute atomic E-state index is 8.80. The highest BCUT2D eigenvalue weighted by Gasteiger charge is 2.00. The summed E-state index contributed by atoms with van der Waals surface area (Å²) in [5.74, 6) is 5.79. The van der Waals surface area contributed by atoms with Crippen LogP contribution in [0.25, 0.3) is 0 Å². The molecule has 13 heavy (non-hydrogen) atoms. The normalized spacial score (nSPS) is 12.2. The van der Waals surface area contributed by atoms with Crippen LogP contribution in [0, 0.1) is 0 Å². The summed E-state index contributed by atoms with van der Waals surface area (Å²) >= 11 is 0. The largest absolute Gasteiger partial charge is 0.394 e. The first-order valence-electron chi connectivity index (χ1n) is 4.06. The summed E-state index contributed by atoms with van der Waals surface area (Å²) in [6, 6.07) is 3.60. The SMILES string of the molecule is CC(CO)Nc1ccnc(NN)c1. The predicted octanol–water partition coefficient (Wildman–Crippen LogP) is 0.160. The molecule has 0 aliphatic carbocycles. The van der Waals surface area contributed by atoms with E-state index in [4.69, 9.17) is 10.9 Å². The van der Waals surface area contributed by atoms with E-state index in [-0.39, 0.29) is 12.6 Å². The number of anilines is 2. The van der Waals surface area contributed by atoms with Gasteiger partial charge in [0.25, 0.3) is 0 Å². The molecule has 5 nitrogen and oxygen atoms in total. The van der Waals surface area contributed by atoms with Gasteiger partial charge in [0.15, 0.2) is 0 Å². The van der Waals surface area contributed by atoms with Crippen LogP contribution in [-0.2, 0) is 0 Å². The average Bonchev–Trinajstić information content (AvgIpc) is 2.18. The maximum Gasteiger partial charge on any atom is 0.141 e. The molecule has 0 spiro atoms. The third-order valence-corrected chi connectivity index (χ3v) is 1.59. The van der Waals surface area contributed by atoms with Gasteiger partial charge in [0.2, 0.25) is 0 Å². The Hall–Kier alpha value is -1.33. The van der Waals surface area contributed by atoms with Gasteiger partial charge in [-0.2, -0.15) is 0 Å². The Morgan fingerprint density at radius 2 is 2.46 bits per heavy atom.